The third kappa shape index (κ3) is 5.20. The van der Waals surface area contributed by atoms with Gasteiger partial charge in [0.05, 0.1) is 24.8 Å². The summed E-state index contributed by atoms with van der Waals surface area (Å²) in [5, 5.41) is 12.7. The molecule has 1 saturated heterocycles. The first-order valence-electron chi connectivity index (χ1n) is 12.6. The second kappa shape index (κ2) is 10.8. The zero-order valence-electron chi connectivity index (χ0n) is 22.3. The number of carbonyl (C=O) groups excluding carboxylic acids is 1. The topological polar surface area (TPSA) is 116 Å². The number of hydrogen-bond acceptors (Lipinski definition) is 9. The molecule has 2 N–H and O–H groups in total. The molecule has 4 aromatic rings. The number of benzene rings is 2. The van der Waals surface area contributed by atoms with Crippen molar-refractivity contribution in [3.8, 4) is 11.8 Å². The number of methoxy groups -OCH3 is 2. The van der Waals surface area contributed by atoms with E-state index in [4.69, 9.17) is 14.2 Å². The molecule has 38 heavy (non-hydrogen) atoms. The Morgan fingerprint density at radius 1 is 1.13 bits per heavy atom. The van der Waals surface area contributed by atoms with E-state index in [2.05, 4.69) is 44.4 Å². The van der Waals surface area contributed by atoms with Crippen LogP contribution in [0.1, 0.15) is 24.2 Å². The molecule has 0 aliphatic carbocycles. The van der Waals surface area contributed by atoms with Crippen molar-refractivity contribution in [2.24, 2.45) is 7.05 Å². The Kier molecular flexibility index (Phi) is 7.30. The molecule has 0 unspecified atom stereocenters. The summed E-state index contributed by atoms with van der Waals surface area (Å²) in [7, 11) is 4.98. The number of hydrogen-bond donors (Lipinski definition) is 2. The van der Waals surface area contributed by atoms with Gasteiger partial charge >= 0.3 is 6.01 Å². The Morgan fingerprint density at radius 2 is 1.92 bits per heavy atom. The molecule has 11 heteroatoms. The van der Waals surface area contributed by atoms with Gasteiger partial charge in [0, 0.05) is 79.9 Å². The van der Waals surface area contributed by atoms with Gasteiger partial charge in [-0.1, -0.05) is 0 Å². The van der Waals surface area contributed by atoms with Crippen molar-refractivity contribution < 1.29 is 19.0 Å². The van der Waals surface area contributed by atoms with Crippen molar-refractivity contribution in [1.82, 2.24) is 25.1 Å². The Labute approximate surface area is 221 Å². The first-order chi connectivity index (χ1) is 18.4. The lowest BCUT2D eigenvalue weighted by Crippen LogP contribution is -2.54. The highest BCUT2D eigenvalue weighted by molar-refractivity contribution is 6.14. The van der Waals surface area contributed by atoms with E-state index in [1.165, 1.54) is 7.11 Å². The summed E-state index contributed by atoms with van der Waals surface area (Å²) in [6.07, 6.45) is 3.61. The van der Waals surface area contributed by atoms with Gasteiger partial charge in [0.2, 0.25) is 0 Å². The van der Waals surface area contributed by atoms with Crippen LogP contribution in [0.15, 0.2) is 36.7 Å². The minimum Gasteiger partial charge on any atom is -0.489 e. The first kappa shape index (κ1) is 25.7. The summed E-state index contributed by atoms with van der Waals surface area (Å²) < 4.78 is 18.0. The van der Waals surface area contributed by atoms with Gasteiger partial charge in [0.25, 0.3) is 5.91 Å². The molecule has 0 radical (unpaired) electrons. The number of nitrogens with zero attached hydrogens (tertiary/aromatic N) is 5. The normalized spacial score (nSPS) is 17.7. The van der Waals surface area contributed by atoms with E-state index in [0.29, 0.717) is 53.3 Å². The Morgan fingerprint density at radius 3 is 2.66 bits per heavy atom. The van der Waals surface area contributed by atoms with Crippen LogP contribution < -0.4 is 25.0 Å². The standard InChI is InChI=1S/C27H33N7O4/c1-16-13-34(14-17(2)29-16)22-7-6-20(25-21(22)12-28-27(31-25)37-5)26(35)30-19-10-18-15-33(3)32-24(18)23(11-19)38-9-8-36-4/h6-7,10-12,15-17,29H,8-9,13-14H2,1-5H3,(H,30,35)/t16-,17+. The highest BCUT2D eigenvalue weighted by Gasteiger charge is 2.25. The molecule has 2 aromatic heterocycles. The average Bonchev–Trinajstić information content (AvgIpc) is 3.27. The van der Waals surface area contributed by atoms with E-state index in [9.17, 15) is 4.79 Å². The van der Waals surface area contributed by atoms with E-state index in [1.54, 1.807) is 24.1 Å². The molecule has 2 aromatic carbocycles. The van der Waals surface area contributed by atoms with Crippen molar-refractivity contribution in [3.63, 3.8) is 0 Å². The minimum atomic E-state index is -0.296. The predicted molar refractivity (Wildman–Crippen MR) is 146 cm³/mol. The zero-order valence-corrected chi connectivity index (χ0v) is 22.3. The van der Waals surface area contributed by atoms with Crippen LogP contribution in [0, 0.1) is 0 Å². The van der Waals surface area contributed by atoms with E-state index in [-0.39, 0.29) is 11.9 Å². The zero-order chi connectivity index (χ0) is 26.8. The molecule has 5 rings (SSSR count). The highest BCUT2D eigenvalue weighted by Crippen LogP contribution is 2.32. The van der Waals surface area contributed by atoms with Crippen molar-refractivity contribution >= 4 is 39.1 Å². The number of aromatic nitrogens is 4. The molecule has 3 heterocycles. The first-order valence-corrected chi connectivity index (χ1v) is 12.6. The number of anilines is 2. The van der Waals surface area contributed by atoms with Crippen molar-refractivity contribution in [2.75, 3.05) is 50.7 Å². The van der Waals surface area contributed by atoms with Gasteiger partial charge in [-0.3, -0.25) is 9.48 Å². The SMILES string of the molecule is COCCOc1cc(NC(=O)c2ccc(N3C[C@@H](C)N[C@@H](C)C3)c3cnc(OC)nc23)cc2cn(C)nc12. The number of piperazine rings is 1. The van der Waals surface area contributed by atoms with Crippen molar-refractivity contribution in [2.45, 2.75) is 25.9 Å². The van der Waals surface area contributed by atoms with E-state index in [0.717, 1.165) is 29.5 Å². The van der Waals surface area contributed by atoms with Gasteiger partial charge in [-0.2, -0.15) is 10.1 Å². The summed E-state index contributed by atoms with van der Waals surface area (Å²) in [4.78, 5) is 24.9. The maximum absolute atomic E-state index is 13.6. The lowest BCUT2D eigenvalue weighted by atomic mass is 10.0. The smallest absolute Gasteiger partial charge is 0.316 e. The Balaban J connectivity index is 1.51. The molecule has 1 aliphatic rings. The number of carbonyl (C=O) groups is 1. The predicted octanol–water partition coefficient (Wildman–Crippen LogP) is 2.99. The van der Waals surface area contributed by atoms with E-state index in [1.807, 2.05) is 31.4 Å². The summed E-state index contributed by atoms with van der Waals surface area (Å²) >= 11 is 0. The van der Waals surface area contributed by atoms with Gasteiger partial charge in [0.15, 0.2) is 0 Å². The number of aryl methyl sites for hydroxylation is 1. The van der Waals surface area contributed by atoms with E-state index < -0.39 is 0 Å². The average molecular weight is 520 g/mol. The maximum Gasteiger partial charge on any atom is 0.316 e. The summed E-state index contributed by atoms with van der Waals surface area (Å²) in [6, 6.07) is 8.31. The maximum atomic E-state index is 13.6. The number of nitrogens with one attached hydrogen (secondary N) is 2. The van der Waals surface area contributed by atoms with Gasteiger partial charge in [-0.05, 0) is 32.0 Å². The molecule has 0 bridgehead atoms. The quantitative estimate of drug-likeness (QED) is 0.339. The van der Waals surface area contributed by atoms with Crippen LogP contribution in [0.4, 0.5) is 11.4 Å². The van der Waals surface area contributed by atoms with Gasteiger partial charge in [0.1, 0.15) is 17.9 Å². The fraction of sp³-hybridized carbons (Fsp3) is 0.407. The number of ether oxygens (including phenoxy) is 3. The molecular formula is C27H33N7O4. The largest absolute Gasteiger partial charge is 0.489 e. The van der Waals surface area contributed by atoms with Gasteiger partial charge in [-0.25, -0.2) is 4.98 Å². The number of rotatable bonds is 8. The monoisotopic (exact) mass is 519 g/mol. The Hall–Kier alpha value is -3.96. The van der Waals surface area contributed by atoms with Crippen LogP contribution in [0.5, 0.6) is 11.8 Å². The van der Waals surface area contributed by atoms with Crippen LogP contribution in [-0.4, -0.2) is 78.3 Å². The van der Waals surface area contributed by atoms with Crippen molar-refractivity contribution in [1.29, 1.82) is 0 Å². The molecule has 11 nitrogen and oxygen atoms in total. The molecule has 1 amide bonds. The third-order valence-electron chi connectivity index (χ3n) is 6.52. The van der Waals surface area contributed by atoms with Crippen LogP contribution >= 0.6 is 0 Å². The van der Waals surface area contributed by atoms with Crippen LogP contribution in [-0.2, 0) is 11.8 Å². The second-order valence-corrected chi connectivity index (χ2v) is 9.64. The minimum absolute atomic E-state index is 0.205. The summed E-state index contributed by atoms with van der Waals surface area (Å²) in [5.41, 5.74) is 3.25. The fourth-order valence-electron chi connectivity index (χ4n) is 5.01. The lowest BCUT2D eigenvalue weighted by Gasteiger charge is -2.38. The lowest BCUT2D eigenvalue weighted by molar-refractivity contribution is 0.102. The molecule has 200 valence electrons. The highest BCUT2D eigenvalue weighted by atomic mass is 16.5. The number of amides is 1. The van der Waals surface area contributed by atoms with Crippen molar-refractivity contribution in [3.05, 3.63) is 42.2 Å². The fourth-order valence-corrected chi connectivity index (χ4v) is 5.01. The number of fused-ring (bicyclic) bond motifs is 2. The molecule has 1 fully saturated rings. The summed E-state index contributed by atoms with van der Waals surface area (Å²) in [6.45, 7) is 6.82. The molecule has 0 spiro atoms. The van der Waals surface area contributed by atoms with Crippen LogP contribution in [0.2, 0.25) is 0 Å². The third-order valence-corrected chi connectivity index (χ3v) is 6.52. The molecular weight excluding hydrogens is 486 g/mol. The van der Waals surface area contributed by atoms with E-state index >= 15 is 0 Å². The van der Waals surface area contributed by atoms with Crippen LogP contribution in [0.25, 0.3) is 21.8 Å². The van der Waals surface area contributed by atoms with Gasteiger partial charge in [-0.15, -0.1) is 0 Å². The summed E-state index contributed by atoms with van der Waals surface area (Å²) in [5.74, 6) is 0.275. The molecule has 2 atom stereocenters. The molecule has 1 aliphatic heterocycles. The van der Waals surface area contributed by atoms with Gasteiger partial charge < -0.3 is 29.7 Å². The molecule has 0 saturated carbocycles. The van der Waals surface area contributed by atoms with Crippen LogP contribution in [0.3, 0.4) is 0 Å². The Bertz CT molecular complexity index is 1460. The second-order valence-electron chi connectivity index (χ2n) is 9.64.